The molecule has 170 valence electrons. The summed E-state index contributed by atoms with van der Waals surface area (Å²) in [6.07, 6.45) is 1.67. The smallest absolute Gasteiger partial charge is 0.130 e. The molecule has 0 fully saturated rings. The molecule has 0 amide bonds. The largest absolute Gasteiger partial charge is 0.550 e. The van der Waals surface area contributed by atoms with Gasteiger partial charge in [-0.05, 0) is 55.2 Å². The van der Waals surface area contributed by atoms with E-state index >= 15 is 0 Å². The van der Waals surface area contributed by atoms with Crippen molar-refractivity contribution in [3.05, 3.63) is 99.8 Å². The fraction of sp³-hybridized carbons (Fsp3) is 0.280. The molecule has 0 saturated heterocycles. The standard InChI is InChI=1S/C15H13Cl2NO2.C10H15NO/c16-12-6-4-10(9-13(12)17)11(5-7-15(19)20)14-3-1-2-8-18-14;1-8(11-2)10(12)9-6-4-3-5-7-9/h1-4,6,8-9,11H,5,7H2,(H,19,20);3-8,10-12H,1-2H3/t11-;8-,10-/m10/s1. The van der Waals surface area contributed by atoms with Crippen LogP contribution in [0.2, 0.25) is 10.0 Å². The van der Waals surface area contributed by atoms with Crippen molar-refractivity contribution >= 4 is 29.2 Å². The molecule has 3 N–H and O–H groups in total. The number of likely N-dealkylation sites (N-methyl/N-ethyl adjacent to an activating group) is 1. The zero-order valence-corrected chi connectivity index (χ0v) is 19.6. The molecule has 3 aromatic rings. The third-order valence-corrected chi connectivity index (χ3v) is 5.93. The number of nitrogens with zero attached hydrogens (tertiary/aromatic N) is 1. The van der Waals surface area contributed by atoms with Crippen LogP contribution >= 0.6 is 23.2 Å². The summed E-state index contributed by atoms with van der Waals surface area (Å²) in [7, 11) is 1.97. The molecule has 0 saturated carbocycles. The van der Waals surface area contributed by atoms with Crippen molar-refractivity contribution in [2.45, 2.75) is 37.8 Å². The van der Waals surface area contributed by atoms with Crippen LogP contribution in [-0.4, -0.2) is 29.1 Å². The summed E-state index contributed by atoms with van der Waals surface area (Å²) in [5.41, 5.74) is 2.68. The van der Waals surface area contributed by atoms with Crippen LogP contribution in [0.1, 0.15) is 48.6 Å². The second-order valence-corrected chi connectivity index (χ2v) is 8.25. The molecule has 7 heteroatoms. The summed E-state index contributed by atoms with van der Waals surface area (Å²) >= 11 is 11.9. The zero-order valence-electron chi connectivity index (χ0n) is 18.1. The monoisotopic (exact) mass is 474 g/mol. The summed E-state index contributed by atoms with van der Waals surface area (Å²) in [6.45, 7) is 2.01. The first-order valence-corrected chi connectivity index (χ1v) is 11.2. The lowest BCUT2D eigenvalue weighted by Gasteiger charge is -2.18. The number of carbonyl (C=O) groups is 1. The molecule has 0 spiro atoms. The van der Waals surface area contributed by atoms with Crippen molar-refractivity contribution in [2.75, 3.05) is 7.05 Å². The van der Waals surface area contributed by atoms with Gasteiger partial charge in [-0.3, -0.25) is 4.98 Å². The normalized spacial score (nSPS) is 13.4. The van der Waals surface area contributed by atoms with Gasteiger partial charge in [0.05, 0.1) is 17.1 Å². The van der Waals surface area contributed by atoms with Gasteiger partial charge in [-0.1, -0.05) is 65.7 Å². The lowest BCUT2D eigenvalue weighted by atomic mass is 9.91. The highest BCUT2D eigenvalue weighted by Gasteiger charge is 2.17. The fourth-order valence-corrected chi connectivity index (χ4v) is 3.50. The number of aliphatic hydroxyl groups is 1. The average molecular weight is 475 g/mol. The van der Waals surface area contributed by atoms with Crippen LogP contribution in [0, 0.1) is 0 Å². The van der Waals surface area contributed by atoms with Gasteiger partial charge in [0, 0.05) is 23.8 Å². The molecule has 3 rings (SSSR count). The maximum absolute atomic E-state index is 10.7. The number of benzene rings is 2. The molecule has 1 heterocycles. The van der Waals surface area contributed by atoms with Crippen LogP contribution in [0.25, 0.3) is 0 Å². The molecule has 0 aliphatic carbocycles. The van der Waals surface area contributed by atoms with Gasteiger partial charge in [-0.15, -0.1) is 0 Å². The SMILES string of the molecule is C[NH2+][C@@H](C)[C@H](O)c1ccccc1.O=C([O-])CC[C@H](c1ccc(Cl)c(Cl)c1)c1ccccn1. The van der Waals surface area contributed by atoms with Crippen molar-refractivity contribution in [1.82, 2.24) is 4.98 Å². The molecule has 0 aliphatic heterocycles. The zero-order chi connectivity index (χ0) is 23.5. The van der Waals surface area contributed by atoms with Crippen LogP contribution in [0.4, 0.5) is 0 Å². The van der Waals surface area contributed by atoms with Gasteiger partial charge >= 0.3 is 0 Å². The molecule has 0 unspecified atom stereocenters. The number of nitrogens with two attached hydrogens (primary N) is 1. The van der Waals surface area contributed by atoms with Crippen molar-refractivity contribution in [3.63, 3.8) is 0 Å². The van der Waals surface area contributed by atoms with E-state index in [1.165, 1.54) is 0 Å². The van der Waals surface area contributed by atoms with Crippen molar-refractivity contribution in [2.24, 2.45) is 0 Å². The van der Waals surface area contributed by atoms with Gasteiger partial charge < -0.3 is 20.3 Å². The number of aromatic nitrogens is 1. The third kappa shape index (κ3) is 7.92. The molecule has 1 aromatic heterocycles. The summed E-state index contributed by atoms with van der Waals surface area (Å²) in [5, 5.41) is 23.4. The van der Waals surface area contributed by atoms with Crippen LogP contribution in [0.15, 0.2) is 72.9 Å². The maximum atomic E-state index is 10.7. The van der Waals surface area contributed by atoms with Crippen LogP contribution in [0.3, 0.4) is 0 Å². The highest BCUT2D eigenvalue weighted by atomic mass is 35.5. The number of carboxylic acids is 1. The number of rotatable bonds is 8. The lowest BCUT2D eigenvalue weighted by Crippen LogP contribution is -2.86. The summed E-state index contributed by atoms with van der Waals surface area (Å²) < 4.78 is 0. The Balaban J connectivity index is 0.000000258. The number of aliphatic carboxylic acids is 1. The Kier molecular flexibility index (Phi) is 10.6. The number of carbonyl (C=O) groups excluding carboxylic acids is 1. The Labute approximate surface area is 199 Å². The summed E-state index contributed by atoms with van der Waals surface area (Å²) in [6, 6.07) is 20.8. The fourth-order valence-electron chi connectivity index (χ4n) is 3.19. The van der Waals surface area contributed by atoms with Crippen LogP contribution in [0.5, 0.6) is 0 Å². The minimum atomic E-state index is -1.08. The Hall–Kier alpha value is -2.44. The first-order valence-electron chi connectivity index (χ1n) is 10.4. The highest BCUT2D eigenvalue weighted by molar-refractivity contribution is 6.42. The molecule has 5 nitrogen and oxygen atoms in total. The third-order valence-electron chi connectivity index (χ3n) is 5.19. The molecule has 32 heavy (non-hydrogen) atoms. The lowest BCUT2D eigenvalue weighted by molar-refractivity contribution is -0.669. The predicted molar refractivity (Wildman–Crippen MR) is 125 cm³/mol. The van der Waals surface area contributed by atoms with Crippen molar-refractivity contribution < 1.29 is 20.3 Å². The number of hydrogen-bond donors (Lipinski definition) is 2. The second kappa shape index (κ2) is 13.2. The topological polar surface area (TPSA) is 89.9 Å². The molecule has 0 radical (unpaired) electrons. The van der Waals surface area contributed by atoms with Crippen molar-refractivity contribution in [3.8, 4) is 0 Å². The summed E-state index contributed by atoms with van der Waals surface area (Å²) in [4.78, 5) is 15.0. The molecule has 0 bridgehead atoms. The Morgan fingerprint density at radius 3 is 2.28 bits per heavy atom. The Morgan fingerprint density at radius 1 is 1.03 bits per heavy atom. The number of aliphatic hydroxyl groups excluding tert-OH is 1. The molecular formula is C25H28Cl2N2O3. The van der Waals surface area contributed by atoms with Gasteiger partial charge in [-0.25, -0.2) is 0 Å². The van der Waals surface area contributed by atoms with Crippen LogP contribution < -0.4 is 10.4 Å². The van der Waals surface area contributed by atoms with E-state index in [0.717, 1.165) is 16.8 Å². The van der Waals surface area contributed by atoms with Crippen molar-refractivity contribution in [1.29, 1.82) is 0 Å². The van der Waals surface area contributed by atoms with Gasteiger partial charge in [-0.2, -0.15) is 0 Å². The van der Waals surface area contributed by atoms with Gasteiger partial charge in [0.2, 0.25) is 0 Å². The Bertz CT molecular complexity index is 971. The number of halogens is 2. The van der Waals surface area contributed by atoms with E-state index in [9.17, 15) is 15.0 Å². The van der Waals surface area contributed by atoms with Gasteiger partial charge in [0.25, 0.3) is 0 Å². The van der Waals surface area contributed by atoms with E-state index < -0.39 is 5.97 Å². The van der Waals surface area contributed by atoms with E-state index in [4.69, 9.17) is 23.2 Å². The van der Waals surface area contributed by atoms with Gasteiger partial charge in [0.15, 0.2) is 0 Å². The summed E-state index contributed by atoms with van der Waals surface area (Å²) in [5.74, 6) is -1.23. The van der Waals surface area contributed by atoms with E-state index in [1.54, 1.807) is 18.3 Å². The second-order valence-electron chi connectivity index (χ2n) is 7.44. The number of pyridine rings is 1. The quantitative estimate of drug-likeness (QED) is 0.523. The van der Waals surface area contributed by atoms with E-state index in [0.29, 0.717) is 16.5 Å². The molecular weight excluding hydrogens is 447 g/mol. The first kappa shape index (κ1) is 25.8. The minimum absolute atomic E-state index is 0.0402. The number of quaternary nitrogens is 1. The molecule has 3 atom stereocenters. The molecule has 0 aliphatic rings. The van der Waals surface area contributed by atoms with Crippen LogP contribution in [-0.2, 0) is 4.79 Å². The van der Waals surface area contributed by atoms with E-state index in [1.807, 2.05) is 73.9 Å². The predicted octanol–water partition coefficient (Wildman–Crippen LogP) is 3.35. The Morgan fingerprint density at radius 2 is 1.72 bits per heavy atom. The first-order chi connectivity index (χ1) is 15.3. The molecule has 2 aromatic carbocycles. The average Bonchev–Trinajstić information content (AvgIpc) is 2.82. The van der Waals surface area contributed by atoms with E-state index in [2.05, 4.69) is 4.98 Å². The number of carboxylic acid groups (broad SMARTS) is 1. The van der Waals surface area contributed by atoms with E-state index in [-0.39, 0.29) is 24.5 Å². The number of hydrogen-bond acceptors (Lipinski definition) is 4. The minimum Gasteiger partial charge on any atom is -0.550 e. The maximum Gasteiger partial charge on any atom is 0.130 e. The highest BCUT2D eigenvalue weighted by Crippen LogP contribution is 2.32. The van der Waals surface area contributed by atoms with Gasteiger partial charge in [0.1, 0.15) is 12.1 Å².